The third-order valence-electron chi connectivity index (χ3n) is 3.25. The molecule has 0 radical (unpaired) electrons. The number of carbonyl (C=O) groups excluding carboxylic acids is 1. The first-order valence-electron chi connectivity index (χ1n) is 6.97. The molecule has 0 N–H and O–H groups in total. The van der Waals surface area contributed by atoms with Crippen molar-refractivity contribution in [1.82, 2.24) is 0 Å². The number of hydrogen-bond donors (Lipinski definition) is 0. The van der Waals surface area contributed by atoms with Gasteiger partial charge in [0.25, 0.3) is 5.69 Å². The Kier molecular flexibility index (Phi) is 4.70. The number of esters is 1. The average Bonchev–Trinajstić information content (AvgIpc) is 2.85. The van der Waals surface area contributed by atoms with Crippen molar-refractivity contribution in [3.8, 4) is 0 Å². The van der Waals surface area contributed by atoms with Crippen LogP contribution in [-0.2, 0) is 14.3 Å². The van der Waals surface area contributed by atoms with E-state index >= 15 is 0 Å². The highest BCUT2D eigenvalue weighted by Crippen LogP contribution is 2.36. The van der Waals surface area contributed by atoms with Crippen molar-refractivity contribution >= 4 is 17.2 Å². The molecule has 2 aliphatic heterocycles. The summed E-state index contributed by atoms with van der Waals surface area (Å²) in [6, 6.07) is 5.90. The van der Waals surface area contributed by atoms with Gasteiger partial charge in [-0.25, -0.2) is 4.79 Å². The predicted molar refractivity (Wildman–Crippen MR) is 76.4 cm³/mol. The number of nitro groups is 1. The first-order valence-corrected chi connectivity index (χ1v) is 6.97. The van der Waals surface area contributed by atoms with Crippen LogP contribution in [0.4, 0.5) is 5.69 Å². The summed E-state index contributed by atoms with van der Waals surface area (Å²) in [6.07, 6.45) is 1.02. The second-order valence-electron chi connectivity index (χ2n) is 4.42. The zero-order valence-corrected chi connectivity index (χ0v) is 12.0. The van der Waals surface area contributed by atoms with Gasteiger partial charge < -0.3 is 9.47 Å². The summed E-state index contributed by atoms with van der Waals surface area (Å²) in [7, 11) is 0. The lowest BCUT2D eigenvalue weighted by atomic mass is 9.97. The number of non-ortho nitro benzene ring substituents is 1. The molecule has 6 heteroatoms. The summed E-state index contributed by atoms with van der Waals surface area (Å²) in [4.78, 5) is 22.0. The largest absolute Gasteiger partial charge is 0.428 e. The third kappa shape index (κ3) is 2.95. The minimum absolute atomic E-state index is 0.00263. The van der Waals surface area contributed by atoms with Gasteiger partial charge in [-0.3, -0.25) is 10.1 Å². The van der Waals surface area contributed by atoms with Crippen molar-refractivity contribution in [2.75, 3.05) is 6.61 Å². The summed E-state index contributed by atoms with van der Waals surface area (Å²) < 4.78 is 10.5. The maximum absolute atomic E-state index is 11.9. The van der Waals surface area contributed by atoms with Crippen LogP contribution in [-0.4, -0.2) is 23.8 Å². The van der Waals surface area contributed by atoms with E-state index in [-0.39, 0.29) is 5.69 Å². The lowest BCUT2D eigenvalue weighted by Gasteiger charge is -2.19. The zero-order chi connectivity index (χ0) is 15.4. The molecule has 3 rings (SSSR count). The van der Waals surface area contributed by atoms with Gasteiger partial charge in [0.05, 0.1) is 17.1 Å². The summed E-state index contributed by atoms with van der Waals surface area (Å²) in [5.41, 5.74) is 1.96. The summed E-state index contributed by atoms with van der Waals surface area (Å²) >= 11 is 0. The van der Waals surface area contributed by atoms with E-state index in [1.165, 1.54) is 12.1 Å². The van der Waals surface area contributed by atoms with E-state index < -0.39 is 17.2 Å². The van der Waals surface area contributed by atoms with Crippen LogP contribution in [0.2, 0.25) is 0 Å². The quantitative estimate of drug-likeness (QED) is 0.475. The molecule has 21 heavy (non-hydrogen) atoms. The van der Waals surface area contributed by atoms with Crippen LogP contribution < -0.4 is 0 Å². The van der Waals surface area contributed by atoms with E-state index in [4.69, 9.17) is 9.47 Å². The van der Waals surface area contributed by atoms with E-state index in [2.05, 4.69) is 0 Å². The molecule has 112 valence electrons. The number of nitrogens with zero attached hydrogens (tertiary/aromatic N) is 1. The molecule has 2 aliphatic rings. The fraction of sp³-hybridized carbons (Fsp3) is 0.400. The van der Waals surface area contributed by atoms with Crippen LogP contribution in [0.25, 0.3) is 5.57 Å². The van der Waals surface area contributed by atoms with Gasteiger partial charge >= 0.3 is 5.97 Å². The van der Waals surface area contributed by atoms with Crippen LogP contribution in [0.3, 0.4) is 0 Å². The van der Waals surface area contributed by atoms with Gasteiger partial charge in [0.2, 0.25) is 6.29 Å². The molecule has 1 aromatic rings. The molecular formula is C15H17NO5. The molecule has 0 aromatic heterocycles. The highest BCUT2D eigenvalue weighted by atomic mass is 16.7. The fourth-order valence-corrected chi connectivity index (χ4v) is 2.36. The minimum Gasteiger partial charge on any atom is -0.428 e. The standard InChI is InChI=1S/C13H11NO5.C2H6/c15-12-11(10-2-1-7-18-13(10)19-12)8-3-5-9(6-4-8)14(16)17;1-2/h3-6,13H,1-2,7H2;1-2H3. The molecule has 0 saturated carbocycles. The second-order valence-corrected chi connectivity index (χ2v) is 4.42. The molecule has 2 heterocycles. The van der Waals surface area contributed by atoms with E-state index in [0.29, 0.717) is 17.7 Å². The lowest BCUT2D eigenvalue weighted by molar-refractivity contribution is -0.384. The van der Waals surface area contributed by atoms with Crippen molar-refractivity contribution in [2.45, 2.75) is 33.0 Å². The topological polar surface area (TPSA) is 78.7 Å². The number of ether oxygens (including phenoxy) is 2. The predicted octanol–water partition coefficient (Wildman–Crippen LogP) is 3.07. The molecule has 6 nitrogen and oxygen atoms in total. The van der Waals surface area contributed by atoms with Crippen LogP contribution in [0.15, 0.2) is 29.8 Å². The monoisotopic (exact) mass is 291 g/mol. The van der Waals surface area contributed by atoms with Crippen molar-refractivity contribution in [1.29, 1.82) is 0 Å². The molecule has 1 fully saturated rings. The van der Waals surface area contributed by atoms with Crippen LogP contribution in [0, 0.1) is 10.1 Å². The van der Waals surface area contributed by atoms with E-state index in [9.17, 15) is 14.9 Å². The summed E-state index contributed by atoms with van der Waals surface area (Å²) in [5.74, 6) is -0.421. The van der Waals surface area contributed by atoms with Gasteiger partial charge in [0.15, 0.2) is 0 Å². The molecule has 1 unspecified atom stereocenters. The molecule has 0 bridgehead atoms. The van der Waals surface area contributed by atoms with Gasteiger partial charge in [-0.15, -0.1) is 0 Å². The first kappa shape index (κ1) is 15.2. The SMILES string of the molecule is CC.O=C1OC2OCCCC2=C1c1ccc([N+](=O)[O-])cc1. The average molecular weight is 291 g/mol. The van der Waals surface area contributed by atoms with Gasteiger partial charge in [0, 0.05) is 17.7 Å². The smallest absolute Gasteiger partial charge is 0.341 e. The first-order chi connectivity index (χ1) is 10.2. The van der Waals surface area contributed by atoms with Crippen LogP contribution in [0.5, 0.6) is 0 Å². The number of carbonyl (C=O) groups is 1. The number of benzene rings is 1. The van der Waals surface area contributed by atoms with Crippen LogP contribution >= 0.6 is 0 Å². The molecule has 0 aliphatic carbocycles. The van der Waals surface area contributed by atoms with E-state index in [1.54, 1.807) is 12.1 Å². The number of nitro benzene ring substituents is 1. The van der Waals surface area contributed by atoms with Crippen molar-refractivity contribution < 1.29 is 19.2 Å². The van der Waals surface area contributed by atoms with Crippen molar-refractivity contribution in [3.05, 3.63) is 45.5 Å². The van der Waals surface area contributed by atoms with Crippen LogP contribution in [0.1, 0.15) is 32.3 Å². The maximum Gasteiger partial charge on any atom is 0.341 e. The van der Waals surface area contributed by atoms with E-state index in [0.717, 1.165) is 18.4 Å². The molecule has 1 aromatic carbocycles. The highest BCUT2D eigenvalue weighted by molar-refractivity contribution is 6.19. The lowest BCUT2D eigenvalue weighted by Crippen LogP contribution is -2.21. The molecule has 1 saturated heterocycles. The second kappa shape index (κ2) is 6.49. The molecule has 1 atom stereocenters. The number of rotatable bonds is 2. The normalized spacial score (nSPS) is 20.3. The van der Waals surface area contributed by atoms with Gasteiger partial charge in [0.1, 0.15) is 0 Å². The highest BCUT2D eigenvalue weighted by Gasteiger charge is 2.37. The van der Waals surface area contributed by atoms with Gasteiger partial charge in [-0.2, -0.15) is 0 Å². The van der Waals surface area contributed by atoms with Crippen molar-refractivity contribution in [2.24, 2.45) is 0 Å². The third-order valence-corrected chi connectivity index (χ3v) is 3.25. The Hall–Kier alpha value is -2.21. The Morgan fingerprint density at radius 1 is 1.24 bits per heavy atom. The summed E-state index contributed by atoms with van der Waals surface area (Å²) in [6.45, 7) is 4.58. The molecule has 0 spiro atoms. The Bertz CT molecular complexity index is 576. The minimum atomic E-state index is -0.577. The molecule has 0 amide bonds. The Morgan fingerprint density at radius 2 is 1.90 bits per heavy atom. The Balaban J connectivity index is 0.000000774. The fourth-order valence-electron chi connectivity index (χ4n) is 2.36. The van der Waals surface area contributed by atoms with Crippen molar-refractivity contribution in [3.63, 3.8) is 0 Å². The Morgan fingerprint density at radius 3 is 2.52 bits per heavy atom. The van der Waals surface area contributed by atoms with Gasteiger partial charge in [-0.1, -0.05) is 13.8 Å². The Labute approximate surface area is 122 Å². The molecular weight excluding hydrogens is 274 g/mol. The van der Waals surface area contributed by atoms with Gasteiger partial charge in [-0.05, 0) is 30.5 Å². The van der Waals surface area contributed by atoms with E-state index in [1.807, 2.05) is 13.8 Å². The number of hydrogen-bond acceptors (Lipinski definition) is 5. The number of fused-ring (bicyclic) bond motifs is 1. The summed E-state index contributed by atoms with van der Waals surface area (Å²) in [5, 5.41) is 10.6. The zero-order valence-electron chi connectivity index (χ0n) is 12.0. The maximum atomic E-state index is 11.9.